The summed E-state index contributed by atoms with van der Waals surface area (Å²) in [4.78, 5) is 0. The van der Waals surface area contributed by atoms with Crippen LogP contribution in [0.2, 0.25) is 0 Å². The van der Waals surface area contributed by atoms with Gasteiger partial charge in [0.1, 0.15) is 0 Å². The van der Waals surface area contributed by atoms with Crippen LogP contribution in [0.5, 0.6) is 0 Å². The van der Waals surface area contributed by atoms with Gasteiger partial charge in [-0.25, -0.2) is 0 Å². The van der Waals surface area contributed by atoms with E-state index in [1.807, 2.05) is 29.9 Å². The van der Waals surface area contributed by atoms with E-state index in [2.05, 4.69) is 28.0 Å². The zero-order valence-electron chi connectivity index (χ0n) is 8.66. The highest BCUT2D eigenvalue weighted by Crippen LogP contribution is 2.31. The van der Waals surface area contributed by atoms with Crippen molar-refractivity contribution >= 4 is 21.6 Å². The summed E-state index contributed by atoms with van der Waals surface area (Å²) in [6, 6.07) is 5.89. The van der Waals surface area contributed by atoms with Crippen molar-refractivity contribution in [3.8, 4) is 11.3 Å². The number of nitrogens with zero attached hydrogens (tertiary/aromatic N) is 2. The number of aromatic nitrogens is 2. The molecule has 2 N–H and O–H groups in total. The van der Waals surface area contributed by atoms with Gasteiger partial charge in [-0.3, -0.25) is 4.68 Å². The van der Waals surface area contributed by atoms with E-state index in [0.29, 0.717) is 0 Å². The minimum absolute atomic E-state index is 0.767. The highest BCUT2D eigenvalue weighted by molar-refractivity contribution is 9.10. The molecule has 4 heteroatoms. The Balaban J connectivity index is 2.68. The molecule has 1 aromatic carbocycles. The molecule has 1 heterocycles. The number of benzene rings is 1. The molecule has 0 fully saturated rings. The van der Waals surface area contributed by atoms with Gasteiger partial charge >= 0.3 is 0 Å². The predicted octanol–water partition coefficient (Wildman–Crippen LogP) is 2.74. The molecule has 0 unspecified atom stereocenters. The molecule has 3 nitrogen and oxygen atoms in total. The first-order valence-electron chi connectivity index (χ1n) is 4.63. The van der Waals surface area contributed by atoms with Gasteiger partial charge in [0.2, 0.25) is 0 Å². The van der Waals surface area contributed by atoms with E-state index in [1.165, 1.54) is 5.56 Å². The Morgan fingerprint density at radius 1 is 1.40 bits per heavy atom. The standard InChI is InChI=1S/C11H12BrN3/c1-7-3-4-8(13)5-9(7)11-10(12)6-14-15(11)2/h3-6H,13H2,1-2H3. The molecule has 0 amide bonds. The van der Waals surface area contributed by atoms with E-state index >= 15 is 0 Å². The molecule has 0 aliphatic rings. The first-order valence-corrected chi connectivity index (χ1v) is 5.43. The monoisotopic (exact) mass is 265 g/mol. The fourth-order valence-corrected chi connectivity index (χ4v) is 2.17. The molecule has 1 aromatic heterocycles. The minimum Gasteiger partial charge on any atom is -0.399 e. The molecule has 78 valence electrons. The number of hydrogen-bond acceptors (Lipinski definition) is 2. The Bertz CT molecular complexity index is 483. The summed E-state index contributed by atoms with van der Waals surface area (Å²) in [5.41, 5.74) is 9.91. The maximum atomic E-state index is 5.79. The first kappa shape index (κ1) is 10.2. The van der Waals surface area contributed by atoms with Crippen LogP contribution < -0.4 is 5.73 Å². The molecule has 0 saturated carbocycles. The van der Waals surface area contributed by atoms with Crippen molar-refractivity contribution in [1.82, 2.24) is 9.78 Å². The third-order valence-electron chi connectivity index (χ3n) is 2.41. The first-order chi connectivity index (χ1) is 7.09. The maximum Gasteiger partial charge on any atom is 0.0824 e. The number of anilines is 1. The van der Waals surface area contributed by atoms with Crippen molar-refractivity contribution < 1.29 is 0 Å². The van der Waals surface area contributed by atoms with Gasteiger partial charge in [0.15, 0.2) is 0 Å². The zero-order chi connectivity index (χ0) is 11.0. The molecule has 0 radical (unpaired) electrons. The van der Waals surface area contributed by atoms with Gasteiger partial charge in [0.05, 0.1) is 16.4 Å². The fraction of sp³-hybridized carbons (Fsp3) is 0.182. The molecule has 0 bridgehead atoms. The van der Waals surface area contributed by atoms with Crippen LogP contribution in [0.15, 0.2) is 28.9 Å². The molecule has 0 saturated heterocycles. The smallest absolute Gasteiger partial charge is 0.0824 e. The second-order valence-corrected chi connectivity index (χ2v) is 4.39. The highest BCUT2D eigenvalue weighted by atomic mass is 79.9. The fourth-order valence-electron chi connectivity index (χ4n) is 1.61. The Kier molecular flexibility index (Phi) is 2.52. The summed E-state index contributed by atoms with van der Waals surface area (Å²) in [6.45, 7) is 2.06. The van der Waals surface area contributed by atoms with E-state index in [4.69, 9.17) is 5.73 Å². The van der Waals surface area contributed by atoms with E-state index in [0.717, 1.165) is 21.4 Å². The SMILES string of the molecule is Cc1ccc(N)cc1-c1c(Br)cnn1C. The third kappa shape index (κ3) is 1.77. The lowest BCUT2D eigenvalue weighted by atomic mass is 10.1. The van der Waals surface area contributed by atoms with Gasteiger partial charge in [-0.1, -0.05) is 6.07 Å². The Labute approximate surface area is 97.0 Å². The van der Waals surface area contributed by atoms with Crippen LogP contribution in [0.3, 0.4) is 0 Å². The Morgan fingerprint density at radius 2 is 2.13 bits per heavy atom. The summed E-state index contributed by atoms with van der Waals surface area (Å²) < 4.78 is 2.82. The van der Waals surface area contributed by atoms with Gasteiger partial charge in [0, 0.05) is 18.3 Å². The number of nitrogens with two attached hydrogens (primary N) is 1. The zero-order valence-corrected chi connectivity index (χ0v) is 10.2. The summed E-state index contributed by atoms with van der Waals surface area (Å²) in [7, 11) is 1.92. The quantitative estimate of drug-likeness (QED) is 0.806. The molecule has 2 aromatic rings. The van der Waals surface area contributed by atoms with Gasteiger partial charge in [-0.05, 0) is 40.5 Å². The van der Waals surface area contributed by atoms with E-state index in [9.17, 15) is 0 Å². The van der Waals surface area contributed by atoms with Crippen molar-refractivity contribution in [2.75, 3.05) is 5.73 Å². The highest BCUT2D eigenvalue weighted by Gasteiger charge is 2.11. The second kappa shape index (κ2) is 3.70. The summed E-state index contributed by atoms with van der Waals surface area (Å²) in [5.74, 6) is 0. The largest absolute Gasteiger partial charge is 0.399 e. The van der Waals surface area contributed by atoms with Crippen molar-refractivity contribution in [2.45, 2.75) is 6.92 Å². The van der Waals surface area contributed by atoms with Gasteiger partial charge in [-0.15, -0.1) is 0 Å². The van der Waals surface area contributed by atoms with Gasteiger partial charge < -0.3 is 5.73 Å². The summed E-state index contributed by atoms with van der Waals surface area (Å²) >= 11 is 3.49. The lowest BCUT2D eigenvalue weighted by Crippen LogP contribution is -1.96. The molecule has 0 aliphatic carbocycles. The average molecular weight is 266 g/mol. The lowest BCUT2D eigenvalue weighted by Gasteiger charge is -2.08. The van der Waals surface area contributed by atoms with Gasteiger partial charge in [-0.2, -0.15) is 5.10 Å². The van der Waals surface area contributed by atoms with Crippen LogP contribution in [-0.4, -0.2) is 9.78 Å². The molecule has 0 aliphatic heterocycles. The van der Waals surface area contributed by atoms with Crippen LogP contribution in [0.1, 0.15) is 5.56 Å². The maximum absolute atomic E-state index is 5.79. The number of nitrogen functional groups attached to an aromatic ring is 1. The number of hydrogen-bond donors (Lipinski definition) is 1. The Hall–Kier alpha value is -1.29. The van der Waals surface area contributed by atoms with Crippen LogP contribution in [0, 0.1) is 6.92 Å². The predicted molar refractivity (Wildman–Crippen MR) is 65.5 cm³/mol. The topological polar surface area (TPSA) is 43.8 Å². The number of rotatable bonds is 1. The molecular weight excluding hydrogens is 254 g/mol. The molecule has 0 atom stereocenters. The minimum atomic E-state index is 0.767. The van der Waals surface area contributed by atoms with Crippen molar-refractivity contribution in [1.29, 1.82) is 0 Å². The lowest BCUT2D eigenvalue weighted by molar-refractivity contribution is 0.775. The van der Waals surface area contributed by atoms with Gasteiger partial charge in [0.25, 0.3) is 0 Å². The number of aryl methyl sites for hydroxylation is 2. The van der Waals surface area contributed by atoms with E-state index < -0.39 is 0 Å². The summed E-state index contributed by atoms with van der Waals surface area (Å²) in [5, 5.41) is 4.19. The summed E-state index contributed by atoms with van der Waals surface area (Å²) in [6.07, 6.45) is 1.79. The normalized spacial score (nSPS) is 10.6. The number of halogens is 1. The van der Waals surface area contributed by atoms with Crippen molar-refractivity contribution in [2.24, 2.45) is 7.05 Å². The molecule has 0 spiro atoms. The molecular formula is C11H12BrN3. The molecule has 15 heavy (non-hydrogen) atoms. The van der Waals surface area contributed by atoms with Crippen LogP contribution in [0.4, 0.5) is 5.69 Å². The van der Waals surface area contributed by atoms with Crippen molar-refractivity contribution in [3.63, 3.8) is 0 Å². The van der Waals surface area contributed by atoms with Crippen LogP contribution >= 0.6 is 15.9 Å². The Morgan fingerprint density at radius 3 is 2.73 bits per heavy atom. The third-order valence-corrected chi connectivity index (χ3v) is 2.99. The van der Waals surface area contributed by atoms with Crippen molar-refractivity contribution in [3.05, 3.63) is 34.4 Å². The van der Waals surface area contributed by atoms with Crippen LogP contribution in [-0.2, 0) is 7.05 Å². The van der Waals surface area contributed by atoms with E-state index in [1.54, 1.807) is 6.20 Å². The van der Waals surface area contributed by atoms with E-state index in [-0.39, 0.29) is 0 Å². The molecule has 2 rings (SSSR count). The second-order valence-electron chi connectivity index (χ2n) is 3.54. The van der Waals surface area contributed by atoms with Crippen LogP contribution in [0.25, 0.3) is 11.3 Å². The average Bonchev–Trinajstić information content (AvgIpc) is 2.51.